The number of sulfonamides is 1. The van der Waals surface area contributed by atoms with E-state index in [0.717, 1.165) is 24.0 Å². The fraction of sp³-hybridized carbons (Fsp3) is 0.259. The Morgan fingerprint density at radius 2 is 1.54 bits per heavy atom. The van der Waals surface area contributed by atoms with Crippen LogP contribution >= 0.6 is 0 Å². The number of hydrogen-bond acceptors (Lipinski definition) is 5. The van der Waals surface area contributed by atoms with Gasteiger partial charge in [0.05, 0.1) is 22.8 Å². The molecule has 0 spiro atoms. The highest BCUT2D eigenvalue weighted by molar-refractivity contribution is 7.92. The second kappa shape index (κ2) is 11.2. The molecule has 0 unspecified atom stereocenters. The highest BCUT2D eigenvalue weighted by Crippen LogP contribution is 2.24. The van der Waals surface area contributed by atoms with Crippen molar-refractivity contribution in [1.29, 1.82) is 0 Å². The number of aryl methyl sites for hydroxylation is 3. The summed E-state index contributed by atoms with van der Waals surface area (Å²) in [5.74, 6) is -0.882. The zero-order valence-corrected chi connectivity index (χ0v) is 21.2. The highest BCUT2D eigenvalue weighted by Gasteiger charge is 2.20. The summed E-state index contributed by atoms with van der Waals surface area (Å²) in [6.45, 7) is 7.82. The molecular formula is C27H30N2O5S. The maximum absolute atomic E-state index is 13.1. The highest BCUT2D eigenvalue weighted by atomic mass is 32.2. The second-order valence-corrected chi connectivity index (χ2v) is 10.1. The first kappa shape index (κ1) is 26.0. The molecule has 0 atom stereocenters. The molecule has 0 fully saturated rings. The fourth-order valence-corrected chi connectivity index (χ4v) is 4.85. The molecule has 0 aliphatic heterocycles. The van der Waals surface area contributed by atoms with Crippen molar-refractivity contribution in [1.82, 2.24) is 0 Å². The van der Waals surface area contributed by atoms with Gasteiger partial charge < -0.3 is 10.1 Å². The number of nitrogens with one attached hydrogen (secondary N) is 2. The van der Waals surface area contributed by atoms with E-state index in [1.54, 1.807) is 49.4 Å². The third kappa shape index (κ3) is 6.70. The minimum absolute atomic E-state index is 0.0234. The maximum atomic E-state index is 13.1. The number of amides is 1. The summed E-state index contributed by atoms with van der Waals surface area (Å²) in [6.07, 6.45) is 1.73. The molecule has 0 aromatic heterocycles. The Bertz CT molecular complexity index is 1330. The van der Waals surface area contributed by atoms with Crippen LogP contribution in [0.15, 0.2) is 65.6 Å². The standard InChI is InChI=1S/C27H30N2O5S/c1-5-6-15-34-27(31)21-10-12-23(13-11-21)28-26(30)22-9-8-19(3)25(17-22)35(32,33)29-24-14-7-18(2)16-20(24)4/h7-14,16-17,29H,5-6,15H2,1-4H3,(H,28,30). The number of hydrogen-bond donors (Lipinski definition) is 2. The SMILES string of the molecule is CCCCOC(=O)c1ccc(NC(=O)c2ccc(C)c(S(=O)(=O)Nc3ccc(C)cc3C)c2)cc1. The van der Waals surface area contributed by atoms with Crippen LogP contribution in [0.1, 0.15) is 57.2 Å². The monoisotopic (exact) mass is 494 g/mol. The zero-order chi connectivity index (χ0) is 25.6. The quantitative estimate of drug-likeness (QED) is 0.297. The molecule has 0 heterocycles. The summed E-state index contributed by atoms with van der Waals surface area (Å²) >= 11 is 0. The average molecular weight is 495 g/mol. The molecule has 8 heteroatoms. The maximum Gasteiger partial charge on any atom is 0.338 e. The Morgan fingerprint density at radius 3 is 2.20 bits per heavy atom. The van der Waals surface area contributed by atoms with Crippen molar-refractivity contribution in [3.05, 3.63) is 88.5 Å². The van der Waals surface area contributed by atoms with E-state index in [9.17, 15) is 18.0 Å². The zero-order valence-electron chi connectivity index (χ0n) is 20.3. The van der Waals surface area contributed by atoms with Crippen molar-refractivity contribution >= 4 is 33.3 Å². The van der Waals surface area contributed by atoms with Crippen LogP contribution in [0, 0.1) is 20.8 Å². The first-order valence-electron chi connectivity index (χ1n) is 11.4. The molecule has 1 amide bonds. The van der Waals surface area contributed by atoms with Crippen LogP contribution in [0.3, 0.4) is 0 Å². The van der Waals surface area contributed by atoms with Crippen LogP contribution in [-0.4, -0.2) is 26.9 Å². The summed E-state index contributed by atoms with van der Waals surface area (Å²) in [5, 5.41) is 2.73. The molecule has 0 saturated carbocycles. The molecular weight excluding hydrogens is 464 g/mol. The van der Waals surface area contributed by atoms with E-state index in [1.807, 2.05) is 32.9 Å². The topological polar surface area (TPSA) is 102 Å². The van der Waals surface area contributed by atoms with E-state index in [2.05, 4.69) is 10.0 Å². The van der Waals surface area contributed by atoms with Crippen LogP contribution in [0.2, 0.25) is 0 Å². The van der Waals surface area contributed by atoms with Crippen molar-refractivity contribution in [3.8, 4) is 0 Å². The van der Waals surface area contributed by atoms with Gasteiger partial charge in [-0.1, -0.05) is 37.1 Å². The number of benzene rings is 3. The predicted molar refractivity (Wildman–Crippen MR) is 137 cm³/mol. The van der Waals surface area contributed by atoms with E-state index in [4.69, 9.17) is 4.74 Å². The first-order valence-corrected chi connectivity index (χ1v) is 12.9. The number of ether oxygens (including phenoxy) is 1. The Balaban J connectivity index is 1.75. The largest absolute Gasteiger partial charge is 0.462 e. The van der Waals surface area contributed by atoms with Crippen LogP contribution < -0.4 is 10.0 Å². The molecule has 35 heavy (non-hydrogen) atoms. The molecule has 3 rings (SSSR count). The van der Waals surface area contributed by atoms with Crippen LogP contribution in [0.5, 0.6) is 0 Å². The summed E-state index contributed by atoms with van der Waals surface area (Å²) in [4.78, 5) is 24.9. The Kier molecular flexibility index (Phi) is 8.30. The van der Waals surface area contributed by atoms with Crippen molar-refractivity contribution in [2.45, 2.75) is 45.4 Å². The predicted octanol–water partition coefficient (Wildman–Crippen LogP) is 5.62. The lowest BCUT2D eigenvalue weighted by Crippen LogP contribution is -2.17. The van der Waals surface area contributed by atoms with Crippen LogP contribution in [0.4, 0.5) is 11.4 Å². The Labute approximate surface area is 206 Å². The lowest BCUT2D eigenvalue weighted by Gasteiger charge is -2.14. The van der Waals surface area contributed by atoms with E-state index < -0.39 is 21.9 Å². The summed E-state index contributed by atoms with van der Waals surface area (Å²) in [7, 11) is -3.91. The molecule has 0 saturated heterocycles. The number of carbonyl (C=O) groups excluding carboxylic acids is 2. The smallest absolute Gasteiger partial charge is 0.338 e. The molecule has 0 bridgehead atoms. The van der Waals surface area contributed by atoms with Gasteiger partial charge in [-0.2, -0.15) is 0 Å². The van der Waals surface area contributed by atoms with E-state index in [-0.39, 0.29) is 10.5 Å². The molecule has 0 radical (unpaired) electrons. The number of carbonyl (C=O) groups is 2. The Morgan fingerprint density at radius 1 is 0.857 bits per heavy atom. The summed E-state index contributed by atoms with van der Waals surface area (Å²) in [6, 6.07) is 16.3. The van der Waals surface area contributed by atoms with Gasteiger partial charge in [0.1, 0.15) is 0 Å². The molecule has 3 aromatic carbocycles. The van der Waals surface area contributed by atoms with Gasteiger partial charge >= 0.3 is 5.97 Å². The van der Waals surface area contributed by atoms with Gasteiger partial charge in [0.25, 0.3) is 15.9 Å². The Hall–Kier alpha value is -3.65. The van der Waals surface area contributed by atoms with Crippen molar-refractivity contribution in [2.24, 2.45) is 0 Å². The van der Waals surface area contributed by atoms with E-state index >= 15 is 0 Å². The van der Waals surface area contributed by atoms with Gasteiger partial charge in [0.15, 0.2) is 0 Å². The van der Waals surface area contributed by atoms with Crippen molar-refractivity contribution in [2.75, 3.05) is 16.6 Å². The van der Waals surface area contributed by atoms with Gasteiger partial charge in [-0.05, 0) is 80.8 Å². The van der Waals surface area contributed by atoms with Crippen LogP contribution in [0.25, 0.3) is 0 Å². The molecule has 3 aromatic rings. The van der Waals surface area contributed by atoms with Gasteiger partial charge in [0.2, 0.25) is 0 Å². The minimum Gasteiger partial charge on any atom is -0.462 e. The first-order chi connectivity index (χ1) is 16.6. The fourth-order valence-electron chi connectivity index (χ4n) is 3.44. The third-order valence-corrected chi connectivity index (χ3v) is 6.98. The normalized spacial score (nSPS) is 11.1. The lowest BCUT2D eigenvalue weighted by atomic mass is 10.1. The number of rotatable bonds is 9. The molecule has 184 valence electrons. The number of unbranched alkanes of at least 4 members (excludes halogenated alkanes) is 1. The number of esters is 1. The van der Waals surface area contributed by atoms with Gasteiger partial charge in [0, 0.05) is 11.3 Å². The average Bonchev–Trinajstić information content (AvgIpc) is 2.81. The van der Waals surface area contributed by atoms with Crippen molar-refractivity contribution < 1.29 is 22.7 Å². The van der Waals surface area contributed by atoms with Crippen molar-refractivity contribution in [3.63, 3.8) is 0 Å². The third-order valence-electron chi connectivity index (χ3n) is 5.48. The van der Waals surface area contributed by atoms with Gasteiger partial charge in [-0.3, -0.25) is 9.52 Å². The lowest BCUT2D eigenvalue weighted by molar-refractivity contribution is 0.0499. The minimum atomic E-state index is -3.91. The summed E-state index contributed by atoms with van der Waals surface area (Å²) < 4.78 is 34.0. The number of anilines is 2. The molecule has 0 aliphatic carbocycles. The summed E-state index contributed by atoms with van der Waals surface area (Å²) in [5.41, 5.74) is 3.89. The second-order valence-electron chi connectivity index (χ2n) is 8.43. The van der Waals surface area contributed by atoms with Gasteiger partial charge in [-0.25, -0.2) is 13.2 Å². The van der Waals surface area contributed by atoms with E-state index in [0.29, 0.717) is 29.1 Å². The van der Waals surface area contributed by atoms with Crippen LogP contribution in [-0.2, 0) is 14.8 Å². The van der Waals surface area contributed by atoms with E-state index in [1.165, 1.54) is 6.07 Å². The van der Waals surface area contributed by atoms with Gasteiger partial charge in [-0.15, -0.1) is 0 Å². The molecule has 7 nitrogen and oxygen atoms in total. The molecule has 0 aliphatic rings. The molecule has 2 N–H and O–H groups in total.